The third-order valence-electron chi connectivity index (χ3n) is 4.16. The Bertz CT molecular complexity index is 692. The van der Waals surface area contributed by atoms with Crippen LogP contribution in [0.3, 0.4) is 0 Å². The molecule has 2 aromatic rings. The number of aromatic amines is 1. The van der Waals surface area contributed by atoms with Crippen molar-refractivity contribution in [2.45, 2.75) is 37.6 Å². The Morgan fingerprint density at radius 3 is 2.87 bits per heavy atom. The van der Waals surface area contributed by atoms with Crippen molar-refractivity contribution in [3.05, 3.63) is 47.5 Å². The first-order valence-electron chi connectivity index (χ1n) is 7.65. The predicted octanol–water partition coefficient (Wildman–Crippen LogP) is 0.899. The fraction of sp³-hybridized carbons (Fsp3) is 0.375. The lowest BCUT2D eigenvalue weighted by atomic mass is 9.78. The quantitative estimate of drug-likeness (QED) is 0.735. The highest BCUT2D eigenvalue weighted by Gasteiger charge is 2.32. The maximum absolute atomic E-state index is 11.9. The monoisotopic (exact) mass is 313 g/mol. The molecule has 0 saturated heterocycles. The Morgan fingerprint density at radius 1 is 1.39 bits per heavy atom. The molecule has 1 saturated carbocycles. The molecule has 0 unspecified atom stereocenters. The van der Waals surface area contributed by atoms with Crippen molar-refractivity contribution in [1.29, 1.82) is 0 Å². The lowest BCUT2D eigenvalue weighted by Gasteiger charge is -2.35. The molecule has 3 rings (SSSR count). The van der Waals surface area contributed by atoms with Crippen LogP contribution in [0, 0.1) is 0 Å². The molecule has 7 heteroatoms. The highest BCUT2D eigenvalue weighted by atomic mass is 16.2. The van der Waals surface area contributed by atoms with Crippen LogP contribution in [0.2, 0.25) is 0 Å². The first kappa shape index (κ1) is 15.2. The van der Waals surface area contributed by atoms with E-state index in [1.807, 2.05) is 12.1 Å². The van der Waals surface area contributed by atoms with Crippen molar-refractivity contribution in [2.75, 3.05) is 0 Å². The summed E-state index contributed by atoms with van der Waals surface area (Å²) < 4.78 is 0. The number of hydrogen-bond donors (Lipinski definition) is 3. The third-order valence-corrected chi connectivity index (χ3v) is 4.16. The number of amides is 2. The summed E-state index contributed by atoms with van der Waals surface area (Å²) in [6, 6.07) is 5.71. The number of rotatable bonds is 6. The molecular formula is C16H19N5O2. The molecule has 0 spiro atoms. The van der Waals surface area contributed by atoms with Gasteiger partial charge in [-0.3, -0.25) is 19.7 Å². The van der Waals surface area contributed by atoms with Gasteiger partial charge in [-0.1, -0.05) is 6.07 Å². The molecule has 23 heavy (non-hydrogen) atoms. The van der Waals surface area contributed by atoms with Gasteiger partial charge in [0.15, 0.2) is 0 Å². The second-order valence-corrected chi connectivity index (χ2v) is 5.87. The number of nitrogens with two attached hydrogens (primary N) is 1. The summed E-state index contributed by atoms with van der Waals surface area (Å²) in [7, 11) is 0. The number of carbonyl (C=O) groups is 2. The van der Waals surface area contributed by atoms with E-state index in [2.05, 4.69) is 20.5 Å². The third kappa shape index (κ3) is 3.74. The minimum atomic E-state index is -0.535. The Hall–Kier alpha value is -2.70. The van der Waals surface area contributed by atoms with Crippen LogP contribution in [0.15, 0.2) is 30.6 Å². The molecule has 0 aliphatic heterocycles. The highest BCUT2D eigenvalue weighted by molar-refractivity contribution is 5.90. The number of aryl methyl sites for hydroxylation is 1. The van der Waals surface area contributed by atoms with Crippen molar-refractivity contribution in [3.63, 3.8) is 0 Å². The molecule has 0 radical (unpaired) electrons. The van der Waals surface area contributed by atoms with E-state index < -0.39 is 5.91 Å². The van der Waals surface area contributed by atoms with Gasteiger partial charge in [0.05, 0.1) is 0 Å². The first-order chi connectivity index (χ1) is 11.1. The number of primary amides is 1. The molecule has 1 aliphatic rings. The van der Waals surface area contributed by atoms with Gasteiger partial charge in [-0.05, 0) is 37.0 Å². The van der Waals surface area contributed by atoms with Gasteiger partial charge in [0.1, 0.15) is 5.69 Å². The van der Waals surface area contributed by atoms with Gasteiger partial charge in [-0.25, -0.2) is 0 Å². The van der Waals surface area contributed by atoms with E-state index in [9.17, 15) is 9.59 Å². The van der Waals surface area contributed by atoms with Crippen LogP contribution in [0.1, 0.15) is 46.9 Å². The van der Waals surface area contributed by atoms with Crippen LogP contribution in [0.4, 0.5) is 0 Å². The molecule has 2 amide bonds. The van der Waals surface area contributed by atoms with E-state index in [1.54, 1.807) is 18.5 Å². The Labute approximate surface area is 133 Å². The molecule has 0 aromatic carbocycles. The fourth-order valence-electron chi connectivity index (χ4n) is 2.77. The number of carbonyl (C=O) groups excluding carboxylic acids is 2. The second-order valence-electron chi connectivity index (χ2n) is 5.87. The normalized spacial score (nSPS) is 19.8. The summed E-state index contributed by atoms with van der Waals surface area (Å²) in [6.45, 7) is 0. The number of aromatic nitrogens is 3. The second kappa shape index (κ2) is 6.60. The van der Waals surface area contributed by atoms with E-state index >= 15 is 0 Å². The summed E-state index contributed by atoms with van der Waals surface area (Å²) in [6.07, 6.45) is 6.34. The maximum Gasteiger partial charge on any atom is 0.269 e. The summed E-state index contributed by atoms with van der Waals surface area (Å²) in [5.74, 6) is -0.189. The van der Waals surface area contributed by atoms with Crippen LogP contribution >= 0.6 is 0 Å². The van der Waals surface area contributed by atoms with Gasteiger partial charge in [-0.2, -0.15) is 5.10 Å². The standard InChI is InChI=1S/C16H19N5O2/c17-16(23)14-8-13(20-21-14)11-6-12(7-11)19-15(22)4-3-10-2-1-5-18-9-10/h1-2,5,8-9,11-12H,3-4,6-7H2,(H2,17,23)(H,19,22)(H,20,21). The molecule has 120 valence electrons. The van der Waals surface area contributed by atoms with Gasteiger partial charge in [-0.15, -0.1) is 0 Å². The molecule has 1 aliphatic carbocycles. The van der Waals surface area contributed by atoms with Gasteiger partial charge >= 0.3 is 0 Å². The fourth-order valence-corrected chi connectivity index (χ4v) is 2.77. The van der Waals surface area contributed by atoms with Gasteiger partial charge in [0.25, 0.3) is 5.91 Å². The number of hydrogen-bond acceptors (Lipinski definition) is 4. The molecule has 7 nitrogen and oxygen atoms in total. The van der Waals surface area contributed by atoms with Gasteiger partial charge in [0.2, 0.25) is 5.91 Å². The predicted molar refractivity (Wildman–Crippen MR) is 83.6 cm³/mol. The topological polar surface area (TPSA) is 114 Å². The molecule has 0 bridgehead atoms. The average Bonchev–Trinajstić information content (AvgIpc) is 2.99. The maximum atomic E-state index is 11.9. The SMILES string of the molecule is NC(=O)c1cc(C2CC(NC(=O)CCc3cccnc3)C2)[nH]n1. The highest BCUT2D eigenvalue weighted by Crippen LogP contribution is 2.36. The minimum Gasteiger partial charge on any atom is -0.364 e. The zero-order valence-electron chi connectivity index (χ0n) is 12.7. The van der Waals surface area contributed by atoms with Crippen molar-refractivity contribution in [1.82, 2.24) is 20.5 Å². The van der Waals surface area contributed by atoms with Crippen LogP contribution in [0.5, 0.6) is 0 Å². The van der Waals surface area contributed by atoms with Crippen LogP contribution in [0.25, 0.3) is 0 Å². The summed E-state index contributed by atoms with van der Waals surface area (Å²) in [5, 5.41) is 9.74. The first-order valence-corrected chi connectivity index (χ1v) is 7.65. The van der Waals surface area contributed by atoms with Crippen molar-refractivity contribution in [2.24, 2.45) is 5.73 Å². The van der Waals surface area contributed by atoms with Gasteiger partial charge in [0, 0.05) is 36.5 Å². The molecule has 1 fully saturated rings. The summed E-state index contributed by atoms with van der Waals surface area (Å²) >= 11 is 0. The Morgan fingerprint density at radius 2 is 2.22 bits per heavy atom. The van der Waals surface area contributed by atoms with E-state index in [1.165, 1.54) is 0 Å². The molecular weight excluding hydrogens is 294 g/mol. The Balaban J connectivity index is 1.41. The van der Waals surface area contributed by atoms with E-state index in [4.69, 9.17) is 5.73 Å². The molecule has 2 heterocycles. The van der Waals surface area contributed by atoms with E-state index in [0.29, 0.717) is 18.8 Å². The summed E-state index contributed by atoms with van der Waals surface area (Å²) in [5.41, 5.74) is 7.40. The van der Waals surface area contributed by atoms with E-state index in [-0.39, 0.29) is 17.6 Å². The number of H-pyrrole nitrogens is 1. The summed E-state index contributed by atoms with van der Waals surface area (Å²) in [4.78, 5) is 27.0. The lowest BCUT2D eigenvalue weighted by Crippen LogP contribution is -2.43. The smallest absolute Gasteiger partial charge is 0.269 e. The number of pyridine rings is 1. The zero-order chi connectivity index (χ0) is 16.2. The van der Waals surface area contributed by atoms with Crippen molar-refractivity contribution >= 4 is 11.8 Å². The molecule has 2 aromatic heterocycles. The molecule has 0 atom stereocenters. The minimum absolute atomic E-state index is 0.0553. The average molecular weight is 313 g/mol. The lowest BCUT2D eigenvalue weighted by molar-refractivity contribution is -0.122. The van der Waals surface area contributed by atoms with Crippen LogP contribution in [-0.2, 0) is 11.2 Å². The van der Waals surface area contributed by atoms with Crippen molar-refractivity contribution in [3.8, 4) is 0 Å². The van der Waals surface area contributed by atoms with Crippen molar-refractivity contribution < 1.29 is 9.59 Å². The Kier molecular flexibility index (Phi) is 4.36. The number of nitrogens with zero attached hydrogens (tertiary/aromatic N) is 2. The van der Waals surface area contributed by atoms with E-state index in [0.717, 1.165) is 24.1 Å². The zero-order valence-corrected chi connectivity index (χ0v) is 12.7. The molecule has 4 N–H and O–H groups in total. The van der Waals surface area contributed by atoms with Gasteiger partial charge < -0.3 is 11.1 Å². The van der Waals surface area contributed by atoms with Crippen LogP contribution < -0.4 is 11.1 Å². The van der Waals surface area contributed by atoms with Crippen LogP contribution in [-0.4, -0.2) is 33.0 Å². The number of nitrogens with one attached hydrogen (secondary N) is 2. The largest absolute Gasteiger partial charge is 0.364 e.